The first-order chi connectivity index (χ1) is 26.7. The molecule has 2 saturated heterocycles. The summed E-state index contributed by atoms with van der Waals surface area (Å²) in [5, 5.41) is 12.5. The van der Waals surface area contributed by atoms with Gasteiger partial charge in [-0.25, -0.2) is 18.4 Å². The van der Waals surface area contributed by atoms with Gasteiger partial charge in [0.15, 0.2) is 6.29 Å². The van der Waals surface area contributed by atoms with Crippen LogP contribution in [0.5, 0.6) is 0 Å². The lowest BCUT2D eigenvalue weighted by molar-refractivity contribution is -0.253. The molecule has 0 radical (unpaired) electrons. The summed E-state index contributed by atoms with van der Waals surface area (Å²) >= 11 is 0. The number of ether oxygens (including phenoxy) is 2. The summed E-state index contributed by atoms with van der Waals surface area (Å²) in [4.78, 5) is 27.2. The third-order valence-corrected chi connectivity index (χ3v) is 11.4. The molecule has 1 aromatic heterocycles. The molecule has 55 heavy (non-hydrogen) atoms. The van der Waals surface area contributed by atoms with Crippen molar-refractivity contribution in [1.29, 1.82) is 0 Å². The van der Waals surface area contributed by atoms with Gasteiger partial charge in [-0.05, 0) is 60.4 Å². The number of hydrogen-bond donors (Lipinski definition) is 3. The maximum atomic E-state index is 13.7. The van der Waals surface area contributed by atoms with Crippen LogP contribution in [0.2, 0.25) is 0 Å². The second kappa shape index (κ2) is 17.6. The number of anilines is 2. The van der Waals surface area contributed by atoms with Crippen molar-refractivity contribution in [3.63, 3.8) is 0 Å². The van der Waals surface area contributed by atoms with Crippen LogP contribution in [0.15, 0.2) is 126 Å². The van der Waals surface area contributed by atoms with Crippen LogP contribution in [0.3, 0.4) is 0 Å². The van der Waals surface area contributed by atoms with Gasteiger partial charge in [-0.1, -0.05) is 84.4 Å². The number of carbonyl (C=O) groups excluding carboxylic acids is 1. The van der Waals surface area contributed by atoms with Crippen molar-refractivity contribution in [2.75, 3.05) is 42.9 Å². The van der Waals surface area contributed by atoms with E-state index in [1.54, 1.807) is 36.7 Å². The Hall–Kier alpha value is -5.02. The second-order valence-corrected chi connectivity index (χ2v) is 15.7. The molecule has 3 N–H and O–H groups in total. The van der Waals surface area contributed by atoms with Gasteiger partial charge in [-0.15, -0.1) is 0 Å². The molecular formula is C42H46N6O6S. The van der Waals surface area contributed by atoms with Crippen LogP contribution in [0.25, 0.3) is 0 Å². The number of aliphatic hydroxyl groups excluding tert-OH is 1. The Morgan fingerprint density at radius 3 is 2.16 bits per heavy atom. The van der Waals surface area contributed by atoms with E-state index in [1.807, 2.05) is 79.7 Å². The number of aryl methyl sites for hydroxylation is 1. The van der Waals surface area contributed by atoms with Crippen LogP contribution in [0.1, 0.15) is 46.6 Å². The highest BCUT2D eigenvalue weighted by atomic mass is 32.2. The van der Waals surface area contributed by atoms with Gasteiger partial charge in [-0.2, -0.15) is 4.72 Å². The highest BCUT2D eigenvalue weighted by Gasteiger charge is 2.34. The Kier molecular flexibility index (Phi) is 12.3. The molecule has 0 aliphatic carbocycles. The molecule has 0 bridgehead atoms. The SMILES string of the molecule is Cc1ccc(S(=O)(=O)NC(Cc2ccccc2)C(=O)Nc2ccc(C3OC(CN4CCN(c5ncccn5)CC4)CC(c4ccc(CO)cc4)O3)cc2)cc1. The Bertz CT molecular complexity index is 2100. The molecule has 7 rings (SSSR count). The fourth-order valence-electron chi connectivity index (χ4n) is 6.87. The predicted octanol–water partition coefficient (Wildman–Crippen LogP) is 5.17. The van der Waals surface area contributed by atoms with Gasteiger partial charge in [0.05, 0.1) is 23.7 Å². The number of sulfonamides is 1. The summed E-state index contributed by atoms with van der Waals surface area (Å²) in [7, 11) is -3.99. The normalized spacial score (nSPS) is 19.8. The lowest BCUT2D eigenvalue weighted by Gasteiger charge is -2.40. The molecule has 4 aromatic carbocycles. The van der Waals surface area contributed by atoms with E-state index in [1.165, 1.54) is 12.1 Å². The monoisotopic (exact) mass is 762 g/mol. The summed E-state index contributed by atoms with van der Waals surface area (Å²) in [6.07, 6.45) is 3.31. The number of rotatable bonds is 13. The van der Waals surface area contributed by atoms with Crippen molar-refractivity contribution < 1.29 is 27.8 Å². The van der Waals surface area contributed by atoms with E-state index in [-0.39, 0.29) is 30.1 Å². The molecule has 0 spiro atoms. The summed E-state index contributed by atoms with van der Waals surface area (Å²) in [6.45, 7) is 5.90. The van der Waals surface area contributed by atoms with Crippen molar-refractivity contribution in [2.45, 2.75) is 55.8 Å². The number of carbonyl (C=O) groups is 1. The van der Waals surface area contributed by atoms with Crippen LogP contribution in [0.4, 0.5) is 11.6 Å². The second-order valence-electron chi connectivity index (χ2n) is 14.0. The topological polar surface area (TPSA) is 146 Å². The van der Waals surface area contributed by atoms with Gasteiger partial charge in [-0.3, -0.25) is 9.69 Å². The number of hydrogen-bond acceptors (Lipinski definition) is 10. The zero-order chi connectivity index (χ0) is 38.2. The Morgan fingerprint density at radius 1 is 0.818 bits per heavy atom. The minimum atomic E-state index is -3.99. The summed E-state index contributed by atoms with van der Waals surface area (Å²) < 4.78 is 42.5. The van der Waals surface area contributed by atoms with Crippen LogP contribution < -0.4 is 14.9 Å². The number of aliphatic hydroxyl groups is 1. The number of piperazine rings is 1. The maximum absolute atomic E-state index is 13.7. The van der Waals surface area contributed by atoms with Crippen LogP contribution in [-0.4, -0.2) is 79.2 Å². The van der Waals surface area contributed by atoms with Crippen LogP contribution >= 0.6 is 0 Å². The summed E-state index contributed by atoms with van der Waals surface area (Å²) in [5.74, 6) is 0.258. The lowest BCUT2D eigenvalue weighted by atomic mass is 9.99. The zero-order valence-corrected chi connectivity index (χ0v) is 31.5. The van der Waals surface area contributed by atoms with Gasteiger partial charge < -0.3 is 24.8 Å². The van der Waals surface area contributed by atoms with E-state index in [2.05, 4.69) is 29.8 Å². The molecule has 1 amide bonds. The van der Waals surface area contributed by atoms with Gasteiger partial charge in [0.2, 0.25) is 21.9 Å². The summed E-state index contributed by atoms with van der Waals surface area (Å²) in [6, 6.07) is 31.6. The minimum Gasteiger partial charge on any atom is -0.392 e. The standard InChI is InChI=1S/C42H46N6O6S/c1-30-8-18-37(19-9-30)55(51,52)46-38(26-31-6-3-2-4-7-31)40(50)45-35-16-14-34(15-17-35)41-53-36(27-39(54-41)33-12-10-32(29-49)11-13-33)28-47-22-24-48(25-23-47)42-43-20-5-21-44-42/h2-21,36,38-39,41,46,49H,22-29H2,1H3,(H,45,50). The van der Waals surface area contributed by atoms with Gasteiger partial charge in [0, 0.05) is 62.8 Å². The molecule has 0 saturated carbocycles. The third kappa shape index (κ3) is 10.00. The van der Waals surface area contributed by atoms with Crippen molar-refractivity contribution in [1.82, 2.24) is 19.6 Å². The average molecular weight is 763 g/mol. The first-order valence-electron chi connectivity index (χ1n) is 18.5. The van der Waals surface area contributed by atoms with Crippen LogP contribution in [-0.2, 0) is 37.3 Å². The Morgan fingerprint density at radius 2 is 1.49 bits per heavy atom. The first-order valence-corrected chi connectivity index (χ1v) is 20.0. The lowest BCUT2D eigenvalue weighted by Crippen LogP contribution is -2.50. The number of nitrogens with zero attached hydrogens (tertiary/aromatic N) is 4. The van der Waals surface area contributed by atoms with Gasteiger partial charge >= 0.3 is 0 Å². The van der Waals surface area contributed by atoms with E-state index in [0.717, 1.165) is 66.5 Å². The third-order valence-electron chi connectivity index (χ3n) is 9.96. The average Bonchev–Trinajstić information content (AvgIpc) is 3.22. The number of aromatic nitrogens is 2. The molecule has 4 atom stereocenters. The van der Waals surface area contributed by atoms with E-state index >= 15 is 0 Å². The molecule has 3 heterocycles. The quantitative estimate of drug-likeness (QED) is 0.147. The Balaban J connectivity index is 1.04. The van der Waals surface area contributed by atoms with Gasteiger partial charge in [0.25, 0.3) is 0 Å². The number of amides is 1. The summed E-state index contributed by atoms with van der Waals surface area (Å²) in [5.41, 5.74) is 4.87. The highest BCUT2D eigenvalue weighted by Crippen LogP contribution is 2.38. The molecule has 13 heteroatoms. The van der Waals surface area contributed by atoms with Crippen molar-refractivity contribution in [3.8, 4) is 0 Å². The molecule has 4 unspecified atom stereocenters. The molecule has 2 aliphatic rings. The van der Waals surface area contributed by atoms with Gasteiger partial charge in [0.1, 0.15) is 6.04 Å². The molecule has 12 nitrogen and oxygen atoms in total. The minimum absolute atomic E-state index is 0.0331. The maximum Gasteiger partial charge on any atom is 0.242 e. The Labute approximate surface area is 322 Å². The van der Waals surface area contributed by atoms with E-state index in [0.29, 0.717) is 12.1 Å². The van der Waals surface area contributed by atoms with E-state index in [4.69, 9.17) is 9.47 Å². The smallest absolute Gasteiger partial charge is 0.242 e. The van der Waals surface area contributed by atoms with E-state index in [9.17, 15) is 18.3 Å². The first kappa shape index (κ1) is 38.3. The zero-order valence-electron chi connectivity index (χ0n) is 30.7. The number of benzene rings is 4. The van der Waals surface area contributed by atoms with Crippen LogP contribution in [0, 0.1) is 6.92 Å². The largest absolute Gasteiger partial charge is 0.392 e. The molecular weight excluding hydrogens is 717 g/mol. The highest BCUT2D eigenvalue weighted by molar-refractivity contribution is 7.89. The fourth-order valence-corrected chi connectivity index (χ4v) is 8.06. The van der Waals surface area contributed by atoms with Crippen molar-refractivity contribution in [3.05, 3.63) is 149 Å². The van der Waals surface area contributed by atoms with E-state index < -0.39 is 28.3 Å². The number of nitrogens with one attached hydrogen (secondary N) is 2. The molecule has 2 fully saturated rings. The van der Waals surface area contributed by atoms with Crippen molar-refractivity contribution >= 4 is 27.6 Å². The van der Waals surface area contributed by atoms with Crippen molar-refractivity contribution in [2.24, 2.45) is 0 Å². The molecule has 286 valence electrons. The molecule has 5 aromatic rings. The predicted molar refractivity (Wildman–Crippen MR) is 210 cm³/mol. The molecule has 2 aliphatic heterocycles. The fraction of sp³-hybridized carbons (Fsp3) is 0.310.